The van der Waals surface area contributed by atoms with Crippen LogP contribution in [0.1, 0.15) is 58.3 Å². The van der Waals surface area contributed by atoms with Crippen molar-refractivity contribution in [3.05, 3.63) is 0 Å². The Labute approximate surface area is 127 Å². The first kappa shape index (κ1) is 14.7. The summed E-state index contributed by atoms with van der Waals surface area (Å²) in [7, 11) is 0. The molecule has 1 N–H and O–H groups in total. The number of nitrogens with zero attached hydrogens (tertiary/aromatic N) is 1. The maximum atomic E-state index is 12.9. The van der Waals surface area contributed by atoms with Crippen molar-refractivity contribution in [3.63, 3.8) is 0 Å². The number of nitrogens with one attached hydrogen (secondary N) is 1. The summed E-state index contributed by atoms with van der Waals surface area (Å²) in [5, 5.41) is 3.95. The lowest BCUT2D eigenvalue weighted by Crippen LogP contribution is -2.52. The van der Waals surface area contributed by atoms with Crippen LogP contribution in [0.5, 0.6) is 0 Å². The molecule has 3 heterocycles. The van der Waals surface area contributed by atoms with Gasteiger partial charge in [0.25, 0.3) is 0 Å². The van der Waals surface area contributed by atoms with Gasteiger partial charge in [-0.05, 0) is 50.7 Å². The molecular weight excluding hydrogens is 268 g/mol. The Kier molecular flexibility index (Phi) is 4.92. The number of piperidine rings is 1. The largest absolute Gasteiger partial charge is 0.339 e. The first-order valence-corrected chi connectivity index (χ1v) is 9.51. The molecule has 20 heavy (non-hydrogen) atoms. The van der Waals surface area contributed by atoms with Crippen LogP contribution in [0, 0.1) is 0 Å². The van der Waals surface area contributed by atoms with Gasteiger partial charge in [0.2, 0.25) is 5.91 Å². The second-order valence-electron chi connectivity index (χ2n) is 6.65. The summed E-state index contributed by atoms with van der Waals surface area (Å²) in [6.07, 6.45) is 9.70. The zero-order valence-corrected chi connectivity index (χ0v) is 13.5. The van der Waals surface area contributed by atoms with E-state index in [0.717, 1.165) is 19.4 Å². The van der Waals surface area contributed by atoms with E-state index in [1.807, 2.05) is 11.8 Å². The molecule has 1 amide bonds. The summed E-state index contributed by atoms with van der Waals surface area (Å²) >= 11 is 1.90. The van der Waals surface area contributed by atoms with Gasteiger partial charge in [0.1, 0.15) is 0 Å². The minimum absolute atomic E-state index is 0.253. The van der Waals surface area contributed by atoms with Gasteiger partial charge in [0.05, 0.1) is 5.25 Å². The van der Waals surface area contributed by atoms with Crippen LogP contribution in [0.4, 0.5) is 0 Å². The standard InChI is InChI=1S/C16H28N2OS/c1-2-8-18(16(19)15-5-3-4-9-20-15)14-10-12-6-7-13(11-14)17-12/h12-15,17H,2-11H2,1H3. The number of thioether (sulfide) groups is 1. The Hall–Kier alpha value is -0.220. The molecule has 0 radical (unpaired) electrons. The number of rotatable bonds is 4. The summed E-state index contributed by atoms with van der Waals surface area (Å²) in [6.45, 7) is 3.16. The third-order valence-electron chi connectivity index (χ3n) is 5.09. The van der Waals surface area contributed by atoms with Crippen LogP contribution in [0.15, 0.2) is 0 Å². The number of carbonyl (C=O) groups is 1. The molecule has 0 aromatic heterocycles. The van der Waals surface area contributed by atoms with Crippen LogP contribution in [-0.4, -0.2) is 46.5 Å². The molecule has 3 rings (SSSR count). The number of carbonyl (C=O) groups excluding carboxylic acids is 1. The van der Waals surface area contributed by atoms with Crippen LogP contribution in [0.3, 0.4) is 0 Å². The lowest BCUT2D eigenvalue weighted by Gasteiger charge is -2.39. The molecule has 3 atom stereocenters. The molecule has 2 bridgehead atoms. The molecule has 3 aliphatic rings. The smallest absolute Gasteiger partial charge is 0.235 e. The highest BCUT2D eigenvalue weighted by Crippen LogP contribution is 2.33. The van der Waals surface area contributed by atoms with E-state index >= 15 is 0 Å². The molecule has 0 aromatic carbocycles. The minimum Gasteiger partial charge on any atom is -0.339 e. The van der Waals surface area contributed by atoms with Crippen molar-refractivity contribution in [1.82, 2.24) is 10.2 Å². The molecule has 3 nitrogen and oxygen atoms in total. The number of hydrogen-bond acceptors (Lipinski definition) is 3. The van der Waals surface area contributed by atoms with Crippen molar-refractivity contribution < 1.29 is 4.79 Å². The summed E-state index contributed by atoms with van der Waals surface area (Å²) < 4.78 is 0. The molecule has 3 fully saturated rings. The third kappa shape index (κ3) is 3.16. The zero-order chi connectivity index (χ0) is 13.9. The Morgan fingerprint density at radius 1 is 1.20 bits per heavy atom. The maximum absolute atomic E-state index is 12.9. The van der Waals surface area contributed by atoms with Gasteiger partial charge in [-0.1, -0.05) is 13.3 Å². The predicted molar refractivity (Wildman–Crippen MR) is 85.1 cm³/mol. The van der Waals surface area contributed by atoms with E-state index in [1.54, 1.807) is 0 Å². The zero-order valence-electron chi connectivity index (χ0n) is 12.6. The first-order valence-electron chi connectivity index (χ1n) is 8.46. The fraction of sp³-hybridized carbons (Fsp3) is 0.938. The molecule has 4 heteroatoms. The quantitative estimate of drug-likeness (QED) is 0.866. The van der Waals surface area contributed by atoms with Gasteiger partial charge in [0.15, 0.2) is 0 Å². The lowest BCUT2D eigenvalue weighted by atomic mass is 9.97. The second kappa shape index (κ2) is 6.69. The van der Waals surface area contributed by atoms with Gasteiger partial charge >= 0.3 is 0 Å². The Balaban J connectivity index is 1.66. The average Bonchev–Trinajstić information content (AvgIpc) is 2.83. The molecule has 0 saturated carbocycles. The Morgan fingerprint density at radius 2 is 1.95 bits per heavy atom. The predicted octanol–water partition coefficient (Wildman–Crippen LogP) is 2.79. The van der Waals surface area contributed by atoms with Gasteiger partial charge < -0.3 is 10.2 Å². The molecule has 3 unspecified atom stereocenters. The lowest BCUT2D eigenvalue weighted by molar-refractivity contribution is -0.134. The Morgan fingerprint density at radius 3 is 2.55 bits per heavy atom. The fourth-order valence-corrected chi connectivity index (χ4v) is 5.38. The number of amides is 1. The molecule has 3 saturated heterocycles. The number of hydrogen-bond donors (Lipinski definition) is 1. The highest BCUT2D eigenvalue weighted by Gasteiger charge is 2.38. The van der Waals surface area contributed by atoms with E-state index in [1.165, 1.54) is 44.3 Å². The summed E-state index contributed by atoms with van der Waals surface area (Å²) in [6, 6.07) is 1.85. The van der Waals surface area contributed by atoms with E-state index in [9.17, 15) is 4.79 Å². The molecular formula is C16H28N2OS. The van der Waals surface area contributed by atoms with Crippen LogP contribution in [-0.2, 0) is 4.79 Å². The highest BCUT2D eigenvalue weighted by molar-refractivity contribution is 8.00. The maximum Gasteiger partial charge on any atom is 0.235 e. The van der Waals surface area contributed by atoms with E-state index in [2.05, 4.69) is 17.1 Å². The van der Waals surface area contributed by atoms with Crippen molar-refractivity contribution in [3.8, 4) is 0 Å². The van der Waals surface area contributed by atoms with Gasteiger partial charge in [-0.3, -0.25) is 4.79 Å². The van der Waals surface area contributed by atoms with E-state index in [0.29, 0.717) is 24.0 Å². The molecule has 3 aliphatic heterocycles. The van der Waals surface area contributed by atoms with Crippen LogP contribution in [0.25, 0.3) is 0 Å². The van der Waals surface area contributed by atoms with Crippen molar-refractivity contribution in [2.75, 3.05) is 12.3 Å². The van der Waals surface area contributed by atoms with Crippen LogP contribution in [0.2, 0.25) is 0 Å². The summed E-state index contributed by atoms with van der Waals surface area (Å²) in [5.41, 5.74) is 0. The molecule has 0 spiro atoms. The van der Waals surface area contributed by atoms with Gasteiger partial charge in [-0.25, -0.2) is 0 Å². The Bertz CT molecular complexity index is 331. The van der Waals surface area contributed by atoms with Gasteiger partial charge in [-0.15, -0.1) is 11.8 Å². The van der Waals surface area contributed by atoms with Crippen molar-refractivity contribution in [1.29, 1.82) is 0 Å². The van der Waals surface area contributed by atoms with Crippen LogP contribution >= 0.6 is 11.8 Å². The van der Waals surface area contributed by atoms with Crippen LogP contribution < -0.4 is 5.32 Å². The summed E-state index contributed by atoms with van der Waals surface area (Å²) in [5.74, 6) is 1.62. The third-order valence-corrected chi connectivity index (χ3v) is 6.46. The van der Waals surface area contributed by atoms with Gasteiger partial charge in [-0.2, -0.15) is 0 Å². The van der Waals surface area contributed by atoms with E-state index in [-0.39, 0.29) is 5.25 Å². The number of fused-ring (bicyclic) bond motifs is 2. The fourth-order valence-electron chi connectivity index (χ4n) is 4.12. The monoisotopic (exact) mass is 296 g/mol. The summed E-state index contributed by atoms with van der Waals surface area (Å²) in [4.78, 5) is 15.2. The van der Waals surface area contributed by atoms with E-state index in [4.69, 9.17) is 0 Å². The molecule has 0 aromatic rings. The topological polar surface area (TPSA) is 32.3 Å². The van der Waals surface area contributed by atoms with Crippen molar-refractivity contribution in [2.45, 2.75) is 81.7 Å². The first-order chi connectivity index (χ1) is 9.78. The van der Waals surface area contributed by atoms with Crippen molar-refractivity contribution in [2.24, 2.45) is 0 Å². The SMILES string of the molecule is CCCN(C(=O)C1CCCCS1)C1CC2CCC(C1)N2. The minimum atomic E-state index is 0.253. The molecule has 0 aliphatic carbocycles. The van der Waals surface area contributed by atoms with Gasteiger partial charge in [0, 0.05) is 24.7 Å². The normalized spacial score (nSPS) is 36.9. The second-order valence-corrected chi connectivity index (χ2v) is 7.96. The van der Waals surface area contributed by atoms with Crippen molar-refractivity contribution >= 4 is 17.7 Å². The average molecular weight is 296 g/mol. The highest BCUT2D eigenvalue weighted by atomic mass is 32.2. The molecule has 114 valence electrons. The van der Waals surface area contributed by atoms with E-state index < -0.39 is 0 Å².